The fourth-order valence-electron chi connectivity index (χ4n) is 1.34. The van der Waals surface area contributed by atoms with Crippen molar-refractivity contribution in [3.05, 3.63) is 29.8 Å². The molecule has 0 radical (unpaired) electrons. The van der Waals surface area contributed by atoms with E-state index in [4.69, 9.17) is 0 Å². The number of aromatic amines is 1. The molecule has 6 heteroatoms. The molecule has 0 fully saturated rings. The second-order valence-corrected chi connectivity index (χ2v) is 4.36. The van der Waals surface area contributed by atoms with Crippen molar-refractivity contribution in [3.8, 4) is 0 Å². The van der Waals surface area contributed by atoms with Crippen LogP contribution < -0.4 is 0 Å². The molecule has 0 aromatic carbocycles. The number of rotatable bonds is 4. The number of aryl methyl sites for hydroxylation is 2. The van der Waals surface area contributed by atoms with Crippen molar-refractivity contribution in [2.45, 2.75) is 12.1 Å². The van der Waals surface area contributed by atoms with E-state index in [0.29, 0.717) is 16.6 Å². The first-order valence-corrected chi connectivity index (χ1v) is 5.81. The van der Waals surface area contributed by atoms with Gasteiger partial charge in [-0.3, -0.25) is 9.89 Å². The van der Waals surface area contributed by atoms with Crippen molar-refractivity contribution in [2.75, 3.05) is 5.75 Å². The smallest absolute Gasteiger partial charge is 0.208 e. The van der Waals surface area contributed by atoms with Crippen LogP contribution in [0.4, 0.5) is 0 Å². The third kappa shape index (κ3) is 2.33. The van der Waals surface area contributed by atoms with Gasteiger partial charge in [-0.05, 0) is 19.1 Å². The monoisotopic (exact) mass is 236 g/mol. The highest BCUT2D eigenvalue weighted by atomic mass is 32.2. The number of hydrogen-bond acceptors (Lipinski definition) is 4. The van der Waals surface area contributed by atoms with Crippen LogP contribution in [0, 0.1) is 6.92 Å². The second kappa shape index (κ2) is 4.52. The molecule has 84 valence electrons. The van der Waals surface area contributed by atoms with Gasteiger partial charge in [-0.15, -0.1) is 5.10 Å². The summed E-state index contributed by atoms with van der Waals surface area (Å²) >= 11 is 1.34. The van der Waals surface area contributed by atoms with E-state index in [9.17, 15) is 4.79 Å². The van der Waals surface area contributed by atoms with Crippen LogP contribution in [0.25, 0.3) is 0 Å². The van der Waals surface area contributed by atoms with E-state index in [1.807, 2.05) is 36.9 Å². The lowest BCUT2D eigenvalue weighted by atomic mass is 10.3. The molecule has 0 spiro atoms. The summed E-state index contributed by atoms with van der Waals surface area (Å²) in [5.74, 6) is 1.20. The van der Waals surface area contributed by atoms with Crippen molar-refractivity contribution in [2.24, 2.45) is 7.05 Å². The molecule has 0 aliphatic carbocycles. The van der Waals surface area contributed by atoms with Crippen molar-refractivity contribution in [3.63, 3.8) is 0 Å². The molecular formula is C10H12N4OS. The van der Waals surface area contributed by atoms with Crippen LogP contribution >= 0.6 is 11.8 Å². The maximum absolute atomic E-state index is 11.8. The Morgan fingerprint density at radius 3 is 3.00 bits per heavy atom. The topological polar surface area (TPSA) is 63.6 Å². The number of H-pyrrole nitrogens is 1. The largest absolute Gasteiger partial charge is 0.348 e. The summed E-state index contributed by atoms with van der Waals surface area (Å²) in [4.78, 5) is 15.9. The zero-order chi connectivity index (χ0) is 11.5. The summed E-state index contributed by atoms with van der Waals surface area (Å²) in [6.45, 7) is 1.83. The number of hydrogen-bond donors (Lipinski definition) is 1. The molecule has 0 saturated heterocycles. The van der Waals surface area contributed by atoms with Crippen LogP contribution in [0.3, 0.4) is 0 Å². The Morgan fingerprint density at radius 1 is 1.62 bits per heavy atom. The van der Waals surface area contributed by atoms with E-state index in [1.54, 1.807) is 0 Å². The number of Topliss-reactive ketones (excluding diaryl/α,β-unsaturated/α-hetero) is 1. The first kappa shape index (κ1) is 10.9. The molecule has 2 aromatic heterocycles. The van der Waals surface area contributed by atoms with E-state index in [1.165, 1.54) is 11.8 Å². The third-order valence-corrected chi connectivity index (χ3v) is 2.99. The third-order valence-electron chi connectivity index (χ3n) is 2.14. The molecule has 0 unspecified atom stereocenters. The van der Waals surface area contributed by atoms with Gasteiger partial charge < -0.3 is 4.57 Å². The number of aromatic nitrogens is 4. The quantitative estimate of drug-likeness (QED) is 0.644. The number of thioether (sulfide) groups is 1. The zero-order valence-electron chi connectivity index (χ0n) is 9.10. The number of carbonyl (C=O) groups excluding carboxylic acids is 1. The van der Waals surface area contributed by atoms with E-state index in [-0.39, 0.29) is 5.78 Å². The van der Waals surface area contributed by atoms with Crippen LogP contribution in [0.1, 0.15) is 16.3 Å². The summed E-state index contributed by atoms with van der Waals surface area (Å²) in [7, 11) is 1.86. The van der Waals surface area contributed by atoms with Gasteiger partial charge in [0.2, 0.25) is 5.16 Å². The lowest BCUT2D eigenvalue weighted by molar-refractivity contribution is 0.101. The Labute approximate surface area is 97.3 Å². The molecule has 2 rings (SSSR count). The van der Waals surface area contributed by atoms with Crippen molar-refractivity contribution < 1.29 is 4.79 Å². The van der Waals surface area contributed by atoms with Gasteiger partial charge in [-0.25, -0.2) is 4.98 Å². The van der Waals surface area contributed by atoms with Crippen LogP contribution in [-0.2, 0) is 7.05 Å². The van der Waals surface area contributed by atoms with Crippen molar-refractivity contribution >= 4 is 17.5 Å². The molecule has 16 heavy (non-hydrogen) atoms. The Morgan fingerprint density at radius 2 is 2.44 bits per heavy atom. The van der Waals surface area contributed by atoms with Crippen LogP contribution in [0.5, 0.6) is 0 Å². The second-order valence-electron chi connectivity index (χ2n) is 3.42. The Bertz CT molecular complexity index is 502. The highest BCUT2D eigenvalue weighted by Crippen LogP contribution is 2.14. The summed E-state index contributed by atoms with van der Waals surface area (Å²) in [6, 6.07) is 3.67. The standard InChI is InChI=1S/C10H12N4OS/c1-7-11-10(13-12-7)16-6-9(15)8-4-3-5-14(8)2/h3-5H,6H2,1-2H3,(H,11,12,13). The Balaban J connectivity index is 1.96. The minimum absolute atomic E-state index is 0.0833. The number of nitrogens with one attached hydrogen (secondary N) is 1. The van der Waals surface area contributed by atoms with E-state index in [2.05, 4.69) is 15.2 Å². The van der Waals surface area contributed by atoms with Crippen LogP contribution in [0.2, 0.25) is 0 Å². The Kier molecular flexibility index (Phi) is 3.09. The lowest BCUT2D eigenvalue weighted by Crippen LogP contribution is -2.07. The molecule has 0 bridgehead atoms. The lowest BCUT2D eigenvalue weighted by Gasteiger charge is -2.00. The molecule has 5 nitrogen and oxygen atoms in total. The average Bonchev–Trinajstić information content (AvgIpc) is 2.84. The van der Waals surface area contributed by atoms with Gasteiger partial charge >= 0.3 is 0 Å². The van der Waals surface area contributed by atoms with Gasteiger partial charge in [0.25, 0.3) is 0 Å². The molecule has 0 atom stereocenters. The predicted molar refractivity (Wildman–Crippen MR) is 61.6 cm³/mol. The van der Waals surface area contributed by atoms with Gasteiger partial charge in [0, 0.05) is 13.2 Å². The van der Waals surface area contributed by atoms with Crippen LogP contribution in [-0.4, -0.2) is 31.3 Å². The molecule has 0 aliphatic heterocycles. The molecule has 2 aromatic rings. The van der Waals surface area contributed by atoms with Gasteiger partial charge in [-0.2, -0.15) is 0 Å². The first-order valence-electron chi connectivity index (χ1n) is 4.83. The highest BCUT2D eigenvalue weighted by Gasteiger charge is 2.10. The summed E-state index contributed by atoms with van der Waals surface area (Å²) < 4.78 is 1.81. The number of ketones is 1. The minimum Gasteiger partial charge on any atom is -0.348 e. The molecular weight excluding hydrogens is 224 g/mol. The molecule has 0 amide bonds. The van der Waals surface area contributed by atoms with E-state index >= 15 is 0 Å². The highest BCUT2D eigenvalue weighted by molar-refractivity contribution is 7.99. The summed E-state index contributed by atoms with van der Waals surface area (Å²) in [6.07, 6.45) is 1.86. The fraction of sp³-hybridized carbons (Fsp3) is 0.300. The molecule has 2 heterocycles. The number of carbonyl (C=O) groups is 1. The Hall–Kier alpha value is -1.56. The first-order chi connectivity index (χ1) is 7.66. The predicted octanol–water partition coefficient (Wildman–Crippen LogP) is 1.43. The summed E-state index contributed by atoms with van der Waals surface area (Å²) in [5.41, 5.74) is 0.708. The van der Waals surface area contributed by atoms with Gasteiger partial charge in [0.05, 0.1) is 11.4 Å². The SMILES string of the molecule is Cc1nc(SCC(=O)c2cccn2C)n[nH]1. The van der Waals surface area contributed by atoms with Crippen molar-refractivity contribution in [1.29, 1.82) is 0 Å². The van der Waals surface area contributed by atoms with Gasteiger partial charge in [-0.1, -0.05) is 11.8 Å². The summed E-state index contributed by atoms with van der Waals surface area (Å²) in [5, 5.41) is 7.31. The van der Waals surface area contributed by atoms with Gasteiger partial charge in [0.15, 0.2) is 5.78 Å². The van der Waals surface area contributed by atoms with Gasteiger partial charge in [0.1, 0.15) is 5.82 Å². The fourth-order valence-corrected chi connectivity index (χ4v) is 2.06. The normalized spacial score (nSPS) is 10.6. The minimum atomic E-state index is 0.0833. The maximum Gasteiger partial charge on any atom is 0.208 e. The molecule has 1 N–H and O–H groups in total. The zero-order valence-corrected chi connectivity index (χ0v) is 9.91. The maximum atomic E-state index is 11.8. The van der Waals surface area contributed by atoms with Crippen LogP contribution in [0.15, 0.2) is 23.5 Å². The van der Waals surface area contributed by atoms with E-state index < -0.39 is 0 Å². The average molecular weight is 236 g/mol. The number of nitrogens with zero attached hydrogens (tertiary/aromatic N) is 3. The molecule has 0 aliphatic rings. The molecule has 0 saturated carbocycles. The van der Waals surface area contributed by atoms with Crippen molar-refractivity contribution in [1.82, 2.24) is 19.7 Å². The van der Waals surface area contributed by atoms with E-state index in [0.717, 1.165) is 5.82 Å².